The number of nitrogens with zero attached hydrogens (tertiary/aromatic N) is 2. The third kappa shape index (κ3) is 4.20. The molecule has 0 aliphatic rings. The minimum absolute atomic E-state index is 0.236. The van der Waals surface area contributed by atoms with E-state index in [-0.39, 0.29) is 12.2 Å². The third-order valence-corrected chi connectivity index (χ3v) is 3.71. The number of rotatable bonds is 5. The lowest BCUT2D eigenvalue weighted by Gasteiger charge is -2.16. The van der Waals surface area contributed by atoms with Crippen molar-refractivity contribution in [1.29, 1.82) is 0 Å². The predicted molar refractivity (Wildman–Crippen MR) is 88.5 cm³/mol. The smallest absolute Gasteiger partial charge is 0.405 e. The summed E-state index contributed by atoms with van der Waals surface area (Å²) < 4.78 is 18.4. The van der Waals surface area contributed by atoms with Crippen LogP contribution in [-0.4, -0.2) is 21.4 Å². The summed E-state index contributed by atoms with van der Waals surface area (Å²) in [6.07, 6.45) is -0.909. The molecule has 0 aliphatic carbocycles. The topological polar surface area (TPSA) is 88.2 Å². The first-order valence-electron chi connectivity index (χ1n) is 7.65. The van der Waals surface area contributed by atoms with Gasteiger partial charge in [0.1, 0.15) is 5.82 Å². The number of hydrogen-bond donors (Lipinski definition) is 2. The van der Waals surface area contributed by atoms with Crippen molar-refractivity contribution >= 4 is 6.09 Å². The summed E-state index contributed by atoms with van der Waals surface area (Å²) in [6, 6.07) is 13.0. The molecule has 1 atom stereocenters. The highest BCUT2D eigenvalue weighted by atomic mass is 19.1. The van der Waals surface area contributed by atoms with Gasteiger partial charge in [-0.3, -0.25) is 0 Å². The summed E-state index contributed by atoms with van der Waals surface area (Å²) in [6.45, 7) is 1.67. The second-order valence-electron chi connectivity index (χ2n) is 5.55. The molecule has 25 heavy (non-hydrogen) atoms. The first-order valence-corrected chi connectivity index (χ1v) is 7.65. The molecule has 0 radical (unpaired) electrons. The molecule has 0 saturated heterocycles. The Morgan fingerprint density at radius 2 is 1.96 bits per heavy atom. The van der Waals surface area contributed by atoms with E-state index >= 15 is 0 Å². The molecule has 6 nitrogen and oxygen atoms in total. The molecule has 3 rings (SSSR count). The van der Waals surface area contributed by atoms with Crippen LogP contribution in [0.25, 0.3) is 11.1 Å². The number of aromatic nitrogens is 2. The van der Waals surface area contributed by atoms with Crippen molar-refractivity contribution in [3.05, 3.63) is 71.7 Å². The standard InChI is InChI=1S/C18H16FN3O3/c1-11-21-22-17(25-11)10-16(20-18(23)24)14-4-2-3-13(9-14)12-5-7-15(19)8-6-12/h2-9,16,20H,10H2,1H3,(H,23,24). The Balaban J connectivity index is 1.91. The van der Waals surface area contributed by atoms with Crippen LogP contribution >= 0.6 is 0 Å². The number of halogens is 1. The van der Waals surface area contributed by atoms with Crippen LogP contribution in [0.4, 0.5) is 9.18 Å². The average Bonchev–Trinajstić information content (AvgIpc) is 3.00. The first kappa shape index (κ1) is 16.6. The van der Waals surface area contributed by atoms with Gasteiger partial charge in [-0.25, -0.2) is 9.18 Å². The van der Waals surface area contributed by atoms with E-state index in [0.717, 1.165) is 16.7 Å². The van der Waals surface area contributed by atoms with E-state index in [1.54, 1.807) is 19.1 Å². The van der Waals surface area contributed by atoms with Crippen molar-refractivity contribution in [2.24, 2.45) is 0 Å². The Bertz CT molecular complexity index is 877. The largest absolute Gasteiger partial charge is 0.465 e. The van der Waals surface area contributed by atoms with Gasteiger partial charge in [0.15, 0.2) is 0 Å². The van der Waals surface area contributed by atoms with Crippen molar-refractivity contribution in [2.45, 2.75) is 19.4 Å². The Labute approximate surface area is 143 Å². The zero-order chi connectivity index (χ0) is 17.8. The van der Waals surface area contributed by atoms with Gasteiger partial charge >= 0.3 is 6.09 Å². The number of hydrogen-bond acceptors (Lipinski definition) is 4. The molecule has 0 saturated carbocycles. The molecule has 1 heterocycles. The van der Waals surface area contributed by atoms with E-state index in [1.807, 2.05) is 24.3 Å². The van der Waals surface area contributed by atoms with Crippen LogP contribution in [-0.2, 0) is 6.42 Å². The molecular formula is C18H16FN3O3. The van der Waals surface area contributed by atoms with E-state index in [9.17, 15) is 9.18 Å². The predicted octanol–water partition coefficient (Wildman–Crippen LogP) is 3.74. The number of carbonyl (C=O) groups is 1. The minimum atomic E-state index is -1.14. The van der Waals surface area contributed by atoms with Gasteiger partial charge in [0.25, 0.3) is 0 Å². The maximum atomic E-state index is 13.1. The second-order valence-corrected chi connectivity index (χ2v) is 5.55. The van der Waals surface area contributed by atoms with E-state index in [0.29, 0.717) is 11.8 Å². The van der Waals surface area contributed by atoms with Gasteiger partial charge in [-0.15, -0.1) is 10.2 Å². The van der Waals surface area contributed by atoms with Crippen LogP contribution in [0.3, 0.4) is 0 Å². The fraction of sp³-hybridized carbons (Fsp3) is 0.167. The molecule has 0 aliphatic heterocycles. The molecule has 128 valence electrons. The van der Waals surface area contributed by atoms with Crippen LogP contribution in [0.15, 0.2) is 52.9 Å². The number of amides is 1. The SMILES string of the molecule is Cc1nnc(CC(NC(=O)O)c2cccc(-c3ccc(F)cc3)c2)o1. The fourth-order valence-electron chi connectivity index (χ4n) is 2.57. The molecule has 2 aromatic carbocycles. The maximum Gasteiger partial charge on any atom is 0.405 e. The second kappa shape index (κ2) is 7.12. The lowest BCUT2D eigenvalue weighted by Crippen LogP contribution is -2.28. The van der Waals surface area contributed by atoms with Crippen molar-refractivity contribution in [2.75, 3.05) is 0 Å². The Morgan fingerprint density at radius 3 is 2.60 bits per heavy atom. The highest BCUT2D eigenvalue weighted by Crippen LogP contribution is 2.25. The van der Waals surface area contributed by atoms with Gasteiger partial charge in [-0.1, -0.05) is 30.3 Å². The summed E-state index contributed by atoms with van der Waals surface area (Å²) in [5.74, 6) is 0.463. The van der Waals surface area contributed by atoms with Crippen molar-refractivity contribution in [3.8, 4) is 11.1 Å². The molecule has 1 unspecified atom stereocenters. The number of carboxylic acid groups (broad SMARTS) is 1. The van der Waals surface area contributed by atoms with Crippen LogP contribution in [0, 0.1) is 12.7 Å². The van der Waals surface area contributed by atoms with Crippen LogP contribution in [0.1, 0.15) is 23.4 Å². The molecule has 2 N–H and O–H groups in total. The summed E-state index contributed by atoms with van der Waals surface area (Å²) in [5.41, 5.74) is 2.45. The molecule has 3 aromatic rings. The quantitative estimate of drug-likeness (QED) is 0.738. The van der Waals surface area contributed by atoms with Gasteiger partial charge in [0.2, 0.25) is 11.8 Å². The molecule has 1 aromatic heterocycles. The van der Waals surface area contributed by atoms with Crippen LogP contribution < -0.4 is 5.32 Å². The van der Waals surface area contributed by atoms with E-state index in [1.165, 1.54) is 12.1 Å². The summed E-state index contributed by atoms with van der Waals surface area (Å²) in [4.78, 5) is 11.2. The van der Waals surface area contributed by atoms with E-state index in [2.05, 4.69) is 15.5 Å². The Hall–Kier alpha value is -3.22. The van der Waals surface area contributed by atoms with Crippen molar-refractivity contribution in [1.82, 2.24) is 15.5 Å². The van der Waals surface area contributed by atoms with Crippen molar-refractivity contribution in [3.63, 3.8) is 0 Å². The van der Waals surface area contributed by atoms with E-state index in [4.69, 9.17) is 9.52 Å². The number of benzene rings is 2. The van der Waals surface area contributed by atoms with Crippen LogP contribution in [0.2, 0.25) is 0 Å². The minimum Gasteiger partial charge on any atom is -0.465 e. The normalized spacial score (nSPS) is 11.9. The number of nitrogens with one attached hydrogen (secondary N) is 1. The van der Waals surface area contributed by atoms with Gasteiger partial charge < -0.3 is 14.8 Å². The third-order valence-electron chi connectivity index (χ3n) is 3.71. The summed E-state index contributed by atoms with van der Waals surface area (Å²) in [5, 5.41) is 19.3. The molecule has 0 bridgehead atoms. The summed E-state index contributed by atoms with van der Waals surface area (Å²) in [7, 11) is 0. The fourth-order valence-corrected chi connectivity index (χ4v) is 2.57. The van der Waals surface area contributed by atoms with Gasteiger partial charge in [-0.2, -0.15) is 0 Å². The Kier molecular flexibility index (Phi) is 4.74. The van der Waals surface area contributed by atoms with Gasteiger partial charge in [0, 0.05) is 6.92 Å². The van der Waals surface area contributed by atoms with Gasteiger partial charge in [-0.05, 0) is 34.9 Å². The van der Waals surface area contributed by atoms with Crippen LogP contribution in [0.5, 0.6) is 0 Å². The molecule has 0 fully saturated rings. The van der Waals surface area contributed by atoms with Crippen molar-refractivity contribution < 1.29 is 18.7 Å². The maximum absolute atomic E-state index is 13.1. The monoisotopic (exact) mass is 341 g/mol. The number of aryl methyl sites for hydroxylation is 1. The zero-order valence-electron chi connectivity index (χ0n) is 13.4. The highest BCUT2D eigenvalue weighted by Gasteiger charge is 2.18. The first-order chi connectivity index (χ1) is 12.0. The zero-order valence-corrected chi connectivity index (χ0v) is 13.4. The molecular weight excluding hydrogens is 325 g/mol. The molecule has 1 amide bonds. The van der Waals surface area contributed by atoms with Gasteiger partial charge in [0.05, 0.1) is 12.5 Å². The lowest BCUT2D eigenvalue weighted by atomic mass is 9.98. The van der Waals surface area contributed by atoms with E-state index < -0.39 is 12.1 Å². The lowest BCUT2D eigenvalue weighted by molar-refractivity contribution is 0.189. The highest BCUT2D eigenvalue weighted by molar-refractivity contribution is 5.67. The average molecular weight is 341 g/mol. The summed E-state index contributed by atoms with van der Waals surface area (Å²) >= 11 is 0. The Morgan fingerprint density at radius 1 is 1.20 bits per heavy atom. The molecule has 7 heteroatoms. The molecule has 0 spiro atoms.